The molecule has 1 N–H and O–H groups in total. The first-order chi connectivity index (χ1) is 16.3. The zero-order valence-corrected chi connectivity index (χ0v) is 21.6. The van der Waals surface area contributed by atoms with Crippen LogP contribution in [0.2, 0.25) is 0 Å². The average molecular weight is 487 g/mol. The minimum absolute atomic E-state index is 0.0173. The molecule has 0 spiro atoms. The SMILES string of the molecule is CCC(=O)O[C@]1(C(=O)COC(C)=O)C(C)C[C@H]2[C@@H]3CC(C)C4=CC(=O)C=C[C@]4(C)[C@H]3C(O)C[C@@]21C. The van der Waals surface area contributed by atoms with Crippen molar-refractivity contribution in [3.8, 4) is 0 Å². The third kappa shape index (κ3) is 3.64. The van der Waals surface area contributed by atoms with E-state index in [2.05, 4.69) is 13.8 Å². The molecule has 35 heavy (non-hydrogen) atoms. The predicted molar refractivity (Wildman–Crippen MR) is 128 cm³/mol. The van der Waals surface area contributed by atoms with Gasteiger partial charge in [-0.1, -0.05) is 46.3 Å². The van der Waals surface area contributed by atoms with E-state index in [9.17, 15) is 24.3 Å². The van der Waals surface area contributed by atoms with Crippen LogP contribution < -0.4 is 0 Å². The van der Waals surface area contributed by atoms with Crippen molar-refractivity contribution in [2.45, 2.75) is 78.9 Å². The largest absolute Gasteiger partial charge is 0.458 e. The zero-order chi connectivity index (χ0) is 25.9. The molecular formula is C28H38O7. The van der Waals surface area contributed by atoms with E-state index < -0.39 is 46.9 Å². The minimum atomic E-state index is -1.48. The highest BCUT2D eigenvalue weighted by atomic mass is 16.6. The maximum atomic E-state index is 13.8. The molecule has 9 atom stereocenters. The van der Waals surface area contributed by atoms with Gasteiger partial charge in [-0.2, -0.15) is 0 Å². The summed E-state index contributed by atoms with van der Waals surface area (Å²) >= 11 is 0. The molecule has 4 aliphatic carbocycles. The average Bonchev–Trinajstić information content (AvgIpc) is 3.00. The molecule has 0 bridgehead atoms. The van der Waals surface area contributed by atoms with Gasteiger partial charge in [0.1, 0.15) is 0 Å². The molecule has 192 valence electrons. The number of fused-ring (bicyclic) bond motifs is 5. The van der Waals surface area contributed by atoms with E-state index in [0.29, 0.717) is 6.42 Å². The number of hydrogen-bond acceptors (Lipinski definition) is 7. The number of ether oxygens (including phenoxy) is 2. The van der Waals surface area contributed by atoms with Gasteiger partial charge in [-0.05, 0) is 49.2 Å². The maximum Gasteiger partial charge on any atom is 0.306 e. The smallest absolute Gasteiger partial charge is 0.306 e. The lowest BCUT2D eigenvalue weighted by Gasteiger charge is -2.61. The highest BCUT2D eigenvalue weighted by molar-refractivity contribution is 6.01. The van der Waals surface area contributed by atoms with Crippen molar-refractivity contribution in [1.82, 2.24) is 0 Å². The van der Waals surface area contributed by atoms with Crippen LogP contribution in [0.15, 0.2) is 23.8 Å². The minimum Gasteiger partial charge on any atom is -0.458 e. The number of hydrogen-bond donors (Lipinski definition) is 1. The molecule has 3 unspecified atom stereocenters. The number of ketones is 2. The number of esters is 2. The summed E-state index contributed by atoms with van der Waals surface area (Å²) < 4.78 is 11.2. The Balaban J connectivity index is 1.80. The van der Waals surface area contributed by atoms with Crippen molar-refractivity contribution in [1.29, 1.82) is 0 Å². The van der Waals surface area contributed by atoms with Crippen LogP contribution in [0.25, 0.3) is 0 Å². The quantitative estimate of drug-likeness (QED) is 0.592. The number of rotatable bonds is 5. The van der Waals surface area contributed by atoms with Gasteiger partial charge < -0.3 is 14.6 Å². The Bertz CT molecular complexity index is 1010. The normalized spacial score (nSPS) is 44.0. The van der Waals surface area contributed by atoms with E-state index in [1.807, 2.05) is 19.9 Å². The molecule has 0 radical (unpaired) electrons. The molecule has 7 nitrogen and oxygen atoms in total. The summed E-state index contributed by atoms with van der Waals surface area (Å²) in [5.74, 6) is -1.66. The van der Waals surface area contributed by atoms with Gasteiger partial charge in [-0.15, -0.1) is 0 Å². The van der Waals surface area contributed by atoms with Crippen molar-refractivity contribution in [3.63, 3.8) is 0 Å². The fourth-order valence-electron chi connectivity index (χ4n) is 8.46. The molecule has 4 aliphatic rings. The van der Waals surface area contributed by atoms with Crippen LogP contribution in [0, 0.1) is 40.4 Å². The fourth-order valence-corrected chi connectivity index (χ4v) is 8.46. The van der Waals surface area contributed by atoms with E-state index in [0.717, 1.165) is 12.0 Å². The van der Waals surface area contributed by atoms with Crippen molar-refractivity contribution < 1.29 is 33.8 Å². The maximum absolute atomic E-state index is 13.8. The van der Waals surface area contributed by atoms with Gasteiger partial charge in [0, 0.05) is 36.0 Å². The Morgan fingerprint density at radius 1 is 1.17 bits per heavy atom. The van der Waals surface area contributed by atoms with Crippen LogP contribution in [0.3, 0.4) is 0 Å². The van der Waals surface area contributed by atoms with Crippen molar-refractivity contribution >= 4 is 23.5 Å². The van der Waals surface area contributed by atoms with Crippen molar-refractivity contribution in [2.75, 3.05) is 6.61 Å². The molecule has 3 fully saturated rings. The van der Waals surface area contributed by atoms with E-state index in [1.165, 1.54) is 6.92 Å². The number of Topliss-reactive ketones (excluding diaryl/α,β-unsaturated/α-hetero) is 1. The predicted octanol–water partition coefficient (Wildman–Crippen LogP) is 3.58. The Hall–Kier alpha value is -2.28. The number of carbonyl (C=O) groups excluding carboxylic acids is 4. The lowest BCUT2D eigenvalue weighted by molar-refractivity contribution is -0.206. The molecule has 0 aliphatic heterocycles. The van der Waals surface area contributed by atoms with E-state index in [1.54, 1.807) is 19.1 Å². The van der Waals surface area contributed by atoms with Gasteiger partial charge in [-0.3, -0.25) is 19.2 Å². The monoisotopic (exact) mass is 486 g/mol. The van der Waals surface area contributed by atoms with E-state index in [4.69, 9.17) is 9.47 Å². The Kier molecular flexibility index (Phi) is 6.40. The van der Waals surface area contributed by atoms with Crippen LogP contribution in [-0.2, 0) is 28.7 Å². The Labute approximate surface area is 207 Å². The van der Waals surface area contributed by atoms with Gasteiger partial charge in [0.05, 0.1) is 6.10 Å². The number of aliphatic hydroxyl groups is 1. The molecule has 0 saturated heterocycles. The highest BCUT2D eigenvalue weighted by Gasteiger charge is 2.73. The summed E-state index contributed by atoms with van der Waals surface area (Å²) in [4.78, 5) is 50.1. The van der Waals surface area contributed by atoms with Gasteiger partial charge in [-0.25, -0.2) is 0 Å². The third-order valence-corrected chi connectivity index (χ3v) is 9.74. The highest BCUT2D eigenvalue weighted by Crippen LogP contribution is 2.69. The first-order valence-electron chi connectivity index (χ1n) is 12.8. The molecule has 4 rings (SSSR count). The molecule has 0 heterocycles. The summed E-state index contributed by atoms with van der Waals surface area (Å²) in [5.41, 5.74) is -1.69. The standard InChI is InChI=1S/C28H38O7/c1-7-24(33)35-28(23(32)14-34-17(4)29)16(3)11-21-19-10-15(2)20-12-18(30)8-9-26(20,5)25(19)22(31)13-27(21,28)6/h8-9,12,15-16,19,21-22,25,31H,7,10-11,13-14H2,1-6H3/t15?,16?,19-,21-,22?,25+,26-,27-,28-/m0/s1. The van der Waals surface area contributed by atoms with Crippen LogP contribution in [-0.4, -0.2) is 46.9 Å². The second-order valence-corrected chi connectivity index (χ2v) is 11.6. The summed E-state index contributed by atoms with van der Waals surface area (Å²) in [6, 6.07) is 0. The first-order valence-corrected chi connectivity index (χ1v) is 12.8. The molecule has 0 aromatic heterocycles. The van der Waals surface area contributed by atoms with Crippen molar-refractivity contribution in [2.24, 2.45) is 40.4 Å². The van der Waals surface area contributed by atoms with E-state index >= 15 is 0 Å². The van der Waals surface area contributed by atoms with E-state index in [-0.39, 0.29) is 48.2 Å². The second-order valence-electron chi connectivity index (χ2n) is 11.6. The third-order valence-electron chi connectivity index (χ3n) is 9.74. The molecule has 0 amide bonds. The second kappa shape index (κ2) is 8.68. The number of aliphatic hydroxyl groups excluding tert-OH is 1. The Morgan fingerprint density at radius 2 is 1.86 bits per heavy atom. The topological polar surface area (TPSA) is 107 Å². The van der Waals surface area contributed by atoms with Gasteiger partial charge in [0.2, 0.25) is 5.78 Å². The molecule has 7 heteroatoms. The van der Waals surface area contributed by atoms with Gasteiger partial charge in [0.15, 0.2) is 18.0 Å². The zero-order valence-electron chi connectivity index (χ0n) is 21.6. The summed E-state index contributed by atoms with van der Waals surface area (Å²) in [7, 11) is 0. The number of carbonyl (C=O) groups is 4. The summed E-state index contributed by atoms with van der Waals surface area (Å²) in [5, 5.41) is 11.7. The van der Waals surface area contributed by atoms with Crippen LogP contribution in [0.1, 0.15) is 67.2 Å². The van der Waals surface area contributed by atoms with Crippen molar-refractivity contribution in [3.05, 3.63) is 23.8 Å². The lowest BCUT2D eigenvalue weighted by Crippen LogP contribution is -2.64. The summed E-state index contributed by atoms with van der Waals surface area (Å²) in [6.07, 6.45) is 6.38. The summed E-state index contributed by atoms with van der Waals surface area (Å²) in [6.45, 7) is 10.6. The molecule has 0 aromatic rings. The lowest BCUT2D eigenvalue weighted by atomic mass is 9.44. The Morgan fingerprint density at radius 3 is 2.49 bits per heavy atom. The molecule has 0 aromatic carbocycles. The van der Waals surface area contributed by atoms with Crippen LogP contribution in [0.5, 0.6) is 0 Å². The van der Waals surface area contributed by atoms with Crippen LogP contribution >= 0.6 is 0 Å². The number of allylic oxidation sites excluding steroid dienone is 4. The first kappa shape index (κ1) is 25.8. The van der Waals surface area contributed by atoms with Gasteiger partial charge >= 0.3 is 11.9 Å². The molecular weight excluding hydrogens is 448 g/mol. The van der Waals surface area contributed by atoms with Crippen LogP contribution in [0.4, 0.5) is 0 Å². The molecule has 3 saturated carbocycles. The van der Waals surface area contributed by atoms with Gasteiger partial charge in [0.25, 0.3) is 0 Å². The fraction of sp³-hybridized carbons (Fsp3) is 0.714.